The molecule has 0 radical (unpaired) electrons. The fourth-order valence-corrected chi connectivity index (χ4v) is 2.26. The first-order chi connectivity index (χ1) is 9.24. The van der Waals surface area contributed by atoms with Crippen molar-refractivity contribution in [2.24, 2.45) is 0 Å². The molecule has 0 saturated carbocycles. The van der Waals surface area contributed by atoms with Gasteiger partial charge in [-0.05, 0) is 24.6 Å². The van der Waals surface area contributed by atoms with Gasteiger partial charge in [-0.15, -0.1) is 11.8 Å². The molecule has 0 aromatic heterocycles. The minimum absolute atomic E-state index is 0.718. The summed E-state index contributed by atoms with van der Waals surface area (Å²) in [6.07, 6.45) is 2.25. The Kier molecular flexibility index (Phi) is 8.79. The maximum Gasteiger partial charge on any atom is 0.159 e. The topological polar surface area (TPSA) is 21.3 Å². The summed E-state index contributed by atoms with van der Waals surface area (Å²) >= 11 is 1.51. The summed E-state index contributed by atoms with van der Waals surface area (Å²) in [5, 5.41) is 3.24. The smallest absolute Gasteiger partial charge is 0.159 e. The van der Waals surface area contributed by atoms with E-state index in [2.05, 4.69) is 12.2 Å². The van der Waals surface area contributed by atoms with Crippen LogP contribution in [0.2, 0.25) is 0 Å². The van der Waals surface area contributed by atoms with Crippen LogP contribution in [0.3, 0.4) is 0 Å². The zero-order valence-electron chi connectivity index (χ0n) is 11.3. The normalized spacial score (nSPS) is 10.9. The number of thioether (sulfide) groups is 1. The molecule has 2 nitrogen and oxygen atoms in total. The monoisotopic (exact) mass is 289 g/mol. The van der Waals surface area contributed by atoms with E-state index in [1.165, 1.54) is 17.8 Å². The van der Waals surface area contributed by atoms with E-state index in [0.29, 0.717) is 0 Å². The fraction of sp³-hybridized carbons (Fsp3) is 0.571. The lowest BCUT2D eigenvalue weighted by Crippen LogP contribution is -2.22. The van der Waals surface area contributed by atoms with Gasteiger partial charge in [-0.25, -0.2) is 8.78 Å². The van der Waals surface area contributed by atoms with Crippen molar-refractivity contribution < 1.29 is 13.5 Å². The summed E-state index contributed by atoms with van der Waals surface area (Å²) in [5.41, 5.74) is 0. The fourth-order valence-electron chi connectivity index (χ4n) is 1.43. The quantitative estimate of drug-likeness (QED) is 0.526. The average Bonchev–Trinajstić information content (AvgIpc) is 2.41. The minimum atomic E-state index is -0.799. The second kappa shape index (κ2) is 10.2. The van der Waals surface area contributed by atoms with Gasteiger partial charge in [0.15, 0.2) is 11.6 Å². The van der Waals surface area contributed by atoms with Crippen LogP contribution in [0.25, 0.3) is 0 Å². The van der Waals surface area contributed by atoms with Crippen LogP contribution in [0, 0.1) is 11.6 Å². The van der Waals surface area contributed by atoms with E-state index in [-0.39, 0.29) is 0 Å². The van der Waals surface area contributed by atoms with E-state index in [1.54, 1.807) is 6.07 Å². The number of ether oxygens (including phenoxy) is 1. The summed E-state index contributed by atoms with van der Waals surface area (Å²) in [4.78, 5) is 0.750. The number of hydrogen-bond acceptors (Lipinski definition) is 3. The lowest BCUT2D eigenvalue weighted by atomic mass is 10.3. The van der Waals surface area contributed by atoms with Crippen molar-refractivity contribution in [2.45, 2.75) is 24.7 Å². The SMILES string of the molecule is CCCCOCCNCCSc1ccc(F)c(F)c1. The molecule has 0 aliphatic carbocycles. The van der Waals surface area contributed by atoms with Crippen LogP contribution in [-0.4, -0.2) is 32.1 Å². The van der Waals surface area contributed by atoms with Crippen molar-refractivity contribution in [1.29, 1.82) is 0 Å². The Morgan fingerprint density at radius 2 is 2.00 bits per heavy atom. The number of benzene rings is 1. The molecule has 0 aliphatic rings. The van der Waals surface area contributed by atoms with Crippen molar-refractivity contribution in [2.75, 3.05) is 32.1 Å². The Hall–Kier alpha value is -0.650. The van der Waals surface area contributed by atoms with Crippen LogP contribution in [0.1, 0.15) is 19.8 Å². The Morgan fingerprint density at radius 1 is 1.16 bits per heavy atom. The predicted octanol–water partition coefficient (Wildman–Crippen LogP) is 3.46. The third-order valence-electron chi connectivity index (χ3n) is 2.50. The molecular weight excluding hydrogens is 268 g/mol. The van der Waals surface area contributed by atoms with Crippen molar-refractivity contribution >= 4 is 11.8 Å². The van der Waals surface area contributed by atoms with Gasteiger partial charge < -0.3 is 10.1 Å². The molecule has 0 heterocycles. The number of nitrogens with one attached hydrogen (secondary N) is 1. The van der Waals surface area contributed by atoms with E-state index in [4.69, 9.17) is 4.74 Å². The summed E-state index contributed by atoms with van der Waals surface area (Å²) in [6, 6.07) is 3.98. The second-order valence-electron chi connectivity index (χ2n) is 4.14. The van der Waals surface area contributed by atoms with Gasteiger partial charge in [0.25, 0.3) is 0 Å². The molecule has 1 aromatic carbocycles. The lowest BCUT2D eigenvalue weighted by molar-refractivity contribution is 0.133. The molecule has 0 aliphatic heterocycles. The summed E-state index contributed by atoms with van der Waals surface area (Å²) < 4.78 is 31.0. The lowest BCUT2D eigenvalue weighted by Gasteiger charge is -2.06. The van der Waals surface area contributed by atoms with Gasteiger partial charge in [-0.3, -0.25) is 0 Å². The Balaban J connectivity index is 2.00. The molecular formula is C14H21F2NOS. The highest BCUT2D eigenvalue weighted by atomic mass is 32.2. The summed E-state index contributed by atoms with van der Waals surface area (Å²) in [5.74, 6) is -0.769. The van der Waals surface area contributed by atoms with Crippen LogP contribution < -0.4 is 5.32 Å². The van der Waals surface area contributed by atoms with Crippen molar-refractivity contribution in [1.82, 2.24) is 5.32 Å². The Bertz CT molecular complexity index is 363. The highest BCUT2D eigenvalue weighted by Crippen LogP contribution is 2.19. The number of rotatable bonds is 10. The molecule has 1 rings (SSSR count). The summed E-state index contributed by atoms with van der Waals surface area (Å²) in [6.45, 7) is 5.32. The number of hydrogen-bond donors (Lipinski definition) is 1. The predicted molar refractivity (Wildman–Crippen MR) is 75.7 cm³/mol. The first kappa shape index (κ1) is 16.4. The largest absolute Gasteiger partial charge is 0.380 e. The van der Waals surface area contributed by atoms with Gasteiger partial charge in [0.1, 0.15) is 0 Å². The van der Waals surface area contributed by atoms with Crippen LogP contribution in [0.5, 0.6) is 0 Å². The molecule has 0 amide bonds. The molecule has 1 N–H and O–H groups in total. The maximum absolute atomic E-state index is 12.9. The van der Waals surface area contributed by atoms with Gasteiger partial charge in [0, 0.05) is 30.3 Å². The highest BCUT2D eigenvalue weighted by Gasteiger charge is 2.02. The standard InChI is InChI=1S/C14H21F2NOS/c1-2-3-8-18-9-6-17-7-10-19-12-4-5-13(15)14(16)11-12/h4-5,11,17H,2-3,6-10H2,1H3. The highest BCUT2D eigenvalue weighted by molar-refractivity contribution is 7.99. The number of unbranched alkanes of at least 4 members (excludes halogenated alkanes) is 1. The van der Waals surface area contributed by atoms with Crippen molar-refractivity contribution in [3.8, 4) is 0 Å². The second-order valence-corrected chi connectivity index (χ2v) is 5.31. The zero-order chi connectivity index (χ0) is 13.9. The first-order valence-electron chi connectivity index (χ1n) is 6.60. The summed E-state index contributed by atoms with van der Waals surface area (Å²) in [7, 11) is 0. The molecule has 0 unspecified atom stereocenters. The van der Waals surface area contributed by atoms with Gasteiger partial charge in [-0.2, -0.15) is 0 Å². The van der Waals surface area contributed by atoms with Gasteiger partial charge in [-0.1, -0.05) is 13.3 Å². The van der Waals surface area contributed by atoms with E-state index in [0.717, 1.165) is 55.9 Å². The molecule has 1 aromatic rings. The van der Waals surface area contributed by atoms with Crippen molar-refractivity contribution in [3.05, 3.63) is 29.8 Å². The van der Waals surface area contributed by atoms with Crippen molar-refractivity contribution in [3.63, 3.8) is 0 Å². The molecule has 0 fully saturated rings. The Labute approximate surface area is 117 Å². The van der Waals surface area contributed by atoms with Crippen LogP contribution in [0.4, 0.5) is 8.78 Å². The average molecular weight is 289 g/mol. The van der Waals surface area contributed by atoms with Crippen LogP contribution in [-0.2, 0) is 4.74 Å². The van der Waals surface area contributed by atoms with E-state index in [1.807, 2.05) is 0 Å². The Morgan fingerprint density at radius 3 is 2.74 bits per heavy atom. The van der Waals surface area contributed by atoms with Gasteiger partial charge in [0.2, 0.25) is 0 Å². The van der Waals surface area contributed by atoms with Crippen LogP contribution in [0.15, 0.2) is 23.1 Å². The molecule has 19 heavy (non-hydrogen) atoms. The van der Waals surface area contributed by atoms with E-state index >= 15 is 0 Å². The number of halogens is 2. The third-order valence-corrected chi connectivity index (χ3v) is 3.50. The zero-order valence-corrected chi connectivity index (χ0v) is 12.1. The van der Waals surface area contributed by atoms with E-state index < -0.39 is 11.6 Å². The molecule has 108 valence electrons. The molecule has 0 atom stereocenters. The van der Waals surface area contributed by atoms with Gasteiger partial charge in [0.05, 0.1) is 6.61 Å². The van der Waals surface area contributed by atoms with E-state index in [9.17, 15) is 8.78 Å². The molecule has 0 saturated heterocycles. The molecule has 0 bridgehead atoms. The first-order valence-corrected chi connectivity index (χ1v) is 7.59. The van der Waals surface area contributed by atoms with Gasteiger partial charge >= 0.3 is 0 Å². The third kappa shape index (κ3) is 7.50. The minimum Gasteiger partial charge on any atom is -0.380 e. The molecule has 0 spiro atoms. The maximum atomic E-state index is 12.9. The molecule has 5 heteroatoms. The van der Waals surface area contributed by atoms with Crippen LogP contribution >= 0.6 is 11.8 Å².